The zero-order valence-corrected chi connectivity index (χ0v) is 16.3. The number of ether oxygens (including phenoxy) is 2. The minimum Gasteiger partial charge on any atom is -0.493 e. The Labute approximate surface area is 163 Å². The number of rotatable bonds is 10. The average molecular weight is 419 g/mol. The van der Waals surface area contributed by atoms with Gasteiger partial charge in [0.15, 0.2) is 4.34 Å². The maximum Gasteiger partial charge on any atom is 0.405 e. The Morgan fingerprint density at radius 1 is 1.30 bits per heavy atom. The molecule has 5 nitrogen and oxygen atoms in total. The Morgan fingerprint density at radius 2 is 2.11 bits per heavy atom. The van der Waals surface area contributed by atoms with Gasteiger partial charge in [-0.05, 0) is 30.5 Å². The lowest BCUT2D eigenvalue weighted by atomic mass is 10.1. The molecule has 148 valence electrons. The van der Waals surface area contributed by atoms with Crippen molar-refractivity contribution in [1.82, 2.24) is 10.2 Å². The van der Waals surface area contributed by atoms with Crippen molar-refractivity contribution in [2.24, 2.45) is 5.41 Å². The number of hydrogen-bond donors (Lipinski definition) is 1. The first kappa shape index (κ1) is 20.2. The number of aromatic nitrogens is 2. The maximum absolute atomic E-state index is 12.2. The largest absolute Gasteiger partial charge is 0.493 e. The molecular formula is C17H20F3N3O2S2. The van der Waals surface area contributed by atoms with Crippen molar-refractivity contribution in [3.05, 3.63) is 29.8 Å². The molecule has 1 heterocycles. The maximum atomic E-state index is 12.2. The van der Waals surface area contributed by atoms with Gasteiger partial charge in [-0.25, -0.2) is 0 Å². The third-order valence-electron chi connectivity index (χ3n) is 4.06. The van der Waals surface area contributed by atoms with Gasteiger partial charge in [-0.2, -0.15) is 13.2 Å². The van der Waals surface area contributed by atoms with E-state index < -0.39 is 12.7 Å². The molecule has 1 aromatic carbocycles. The van der Waals surface area contributed by atoms with Crippen LogP contribution in [0.1, 0.15) is 18.4 Å². The summed E-state index contributed by atoms with van der Waals surface area (Å²) in [6.07, 6.45) is -2.14. The first-order valence-electron chi connectivity index (χ1n) is 8.35. The lowest BCUT2D eigenvalue weighted by molar-refractivity contribution is -0.115. The summed E-state index contributed by atoms with van der Waals surface area (Å²) in [7, 11) is 1.65. The quantitative estimate of drug-likeness (QED) is 0.568. The van der Waals surface area contributed by atoms with Crippen LogP contribution in [0.15, 0.2) is 28.6 Å². The smallest absolute Gasteiger partial charge is 0.405 e. The second-order valence-corrected chi connectivity index (χ2v) is 8.70. The number of halogens is 3. The molecule has 0 atom stereocenters. The molecule has 0 unspecified atom stereocenters. The van der Waals surface area contributed by atoms with Crippen LogP contribution < -0.4 is 10.1 Å². The number of benzene rings is 1. The molecule has 1 aliphatic carbocycles. The highest BCUT2D eigenvalue weighted by atomic mass is 32.2. The van der Waals surface area contributed by atoms with E-state index in [1.807, 2.05) is 24.3 Å². The Kier molecular flexibility index (Phi) is 6.48. The van der Waals surface area contributed by atoms with Crippen molar-refractivity contribution >= 4 is 28.2 Å². The van der Waals surface area contributed by atoms with Gasteiger partial charge in [0.1, 0.15) is 12.3 Å². The monoisotopic (exact) mass is 419 g/mol. The highest BCUT2D eigenvalue weighted by Crippen LogP contribution is 2.49. The summed E-state index contributed by atoms with van der Waals surface area (Å²) in [5.41, 5.74) is 1.15. The van der Waals surface area contributed by atoms with Crippen molar-refractivity contribution in [1.29, 1.82) is 0 Å². The van der Waals surface area contributed by atoms with Crippen LogP contribution in [0.2, 0.25) is 0 Å². The molecule has 1 aliphatic rings. The zero-order valence-electron chi connectivity index (χ0n) is 14.7. The molecule has 1 aromatic heterocycles. The van der Waals surface area contributed by atoms with Gasteiger partial charge in [-0.3, -0.25) is 0 Å². The van der Waals surface area contributed by atoms with E-state index in [9.17, 15) is 13.2 Å². The molecule has 1 saturated carbocycles. The molecule has 0 aliphatic heterocycles. The van der Waals surface area contributed by atoms with E-state index in [0.717, 1.165) is 41.2 Å². The molecule has 0 radical (unpaired) electrons. The van der Waals surface area contributed by atoms with Crippen molar-refractivity contribution in [3.63, 3.8) is 0 Å². The molecule has 1 fully saturated rings. The molecule has 2 aromatic rings. The number of hydrogen-bond acceptors (Lipinski definition) is 7. The van der Waals surface area contributed by atoms with Gasteiger partial charge in [-0.1, -0.05) is 35.2 Å². The number of methoxy groups -OCH3 is 1. The van der Waals surface area contributed by atoms with E-state index in [2.05, 4.69) is 15.5 Å². The molecule has 3 rings (SSSR count). The SMILES string of the molecule is COCc1cccc(OCC2(CSc3nnc(NCC(F)(F)F)s3)CC2)c1. The Morgan fingerprint density at radius 3 is 2.81 bits per heavy atom. The summed E-state index contributed by atoms with van der Waals surface area (Å²) in [5, 5.41) is 10.1. The molecule has 0 amide bonds. The fourth-order valence-electron chi connectivity index (χ4n) is 2.37. The summed E-state index contributed by atoms with van der Waals surface area (Å²) >= 11 is 2.65. The molecule has 10 heteroatoms. The van der Waals surface area contributed by atoms with Crippen LogP contribution in [0.4, 0.5) is 18.3 Å². The normalized spacial score (nSPS) is 15.6. The fourth-order valence-corrected chi connectivity index (χ4v) is 4.39. The predicted molar refractivity (Wildman–Crippen MR) is 99.5 cm³/mol. The molecule has 1 N–H and O–H groups in total. The van der Waals surface area contributed by atoms with Gasteiger partial charge in [-0.15, -0.1) is 10.2 Å². The number of anilines is 1. The van der Waals surface area contributed by atoms with Crippen molar-refractivity contribution in [2.45, 2.75) is 30.0 Å². The van der Waals surface area contributed by atoms with Gasteiger partial charge in [0.2, 0.25) is 5.13 Å². The number of thioether (sulfide) groups is 1. The number of alkyl halides is 3. The minimum absolute atomic E-state index is 0.0904. The van der Waals surface area contributed by atoms with E-state index in [1.54, 1.807) is 7.11 Å². The van der Waals surface area contributed by atoms with Gasteiger partial charge in [0, 0.05) is 18.3 Å². The highest BCUT2D eigenvalue weighted by Gasteiger charge is 2.43. The van der Waals surface area contributed by atoms with Crippen molar-refractivity contribution < 1.29 is 22.6 Å². The molecule has 0 spiro atoms. The van der Waals surface area contributed by atoms with E-state index in [4.69, 9.17) is 9.47 Å². The van der Waals surface area contributed by atoms with Crippen molar-refractivity contribution in [2.75, 3.05) is 31.3 Å². The number of nitrogens with zero attached hydrogens (tertiary/aromatic N) is 2. The standard InChI is InChI=1S/C17H20F3N3O2S2/c1-24-8-12-3-2-4-13(7-12)25-10-16(5-6-16)11-26-15-23-22-14(27-15)21-9-17(18,19)20/h2-4,7H,5-6,8-11H2,1H3,(H,21,22). The summed E-state index contributed by atoms with van der Waals surface area (Å²) in [4.78, 5) is 0. The highest BCUT2D eigenvalue weighted by molar-refractivity contribution is 8.01. The number of nitrogens with one attached hydrogen (secondary N) is 1. The second-order valence-electron chi connectivity index (χ2n) is 6.50. The summed E-state index contributed by atoms with van der Waals surface area (Å²) in [6, 6.07) is 7.81. The first-order chi connectivity index (χ1) is 12.9. The van der Waals surface area contributed by atoms with Crippen LogP contribution in [0.25, 0.3) is 0 Å². The van der Waals surface area contributed by atoms with Crippen LogP contribution in [-0.4, -0.2) is 42.4 Å². The van der Waals surface area contributed by atoms with E-state index in [1.165, 1.54) is 11.8 Å². The van der Waals surface area contributed by atoms with Crippen LogP contribution in [-0.2, 0) is 11.3 Å². The minimum atomic E-state index is -4.27. The van der Waals surface area contributed by atoms with Gasteiger partial charge in [0.05, 0.1) is 13.2 Å². The third-order valence-corrected chi connectivity index (χ3v) is 6.42. The Balaban J connectivity index is 1.45. The van der Waals surface area contributed by atoms with E-state index in [0.29, 0.717) is 17.6 Å². The van der Waals surface area contributed by atoms with Crippen LogP contribution >= 0.6 is 23.1 Å². The topological polar surface area (TPSA) is 56.3 Å². The summed E-state index contributed by atoms with van der Waals surface area (Å²) in [6.45, 7) is 0.0422. The molecule has 0 bridgehead atoms. The predicted octanol–water partition coefficient (Wildman–Crippen LogP) is 4.61. The van der Waals surface area contributed by atoms with E-state index in [-0.39, 0.29) is 10.5 Å². The van der Waals surface area contributed by atoms with Crippen LogP contribution in [0.3, 0.4) is 0 Å². The first-order valence-corrected chi connectivity index (χ1v) is 10.2. The third kappa shape index (κ3) is 6.54. The van der Waals surface area contributed by atoms with E-state index >= 15 is 0 Å². The fraction of sp³-hybridized carbons (Fsp3) is 0.529. The second kappa shape index (κ2) is 8.66. The van der Waals surface area contributed by atoms with Crippen LogP contribution in [0.5, 0.6) is 5.75 Å². The lowest BCUT2D eigenvalue weighted by Gasteiger charge is -2.15. The van der Waals surface area contributed by atoms with Gasteiger partial charge < -0.3 is 14.8 Å². The van der Waals surface area contributed by atoms with Gasteiger partial charge in [0.25, 0.3) is 0 Å². The zero-order chi connectivity index (χ0) is 19.3. The Hall–Kier alpha value is -1.52. The average Bonchev–Trinajstić information content (AvgIpc) is 3.25. The Bertz CT molecular complexity index is 751. The van der Waals surface area contributed by atoms with Gasteiger partial charge >= 0.3 is 6.18 Å². The van der Waals surface area contributed by atoms with Crippen molar-refractivity contribution in [3.8, 4) is 5.75 Å². The molecular weight excluding hydrogens is 399 g/mol. The lowest BCUT2D eigenvalue weighted by Crippen LogP contribution is -2.21. The summed E-state index contributed by atoms with van der Waals surface area (Å²) < 4.78 is 48.4. The van der Waals surface area contributed by atoms with Crippen LogP contribution in [0, 0.1) is 5.41 Å². The molecule has 0 saturated heterocycles. The molecule has 27 heavy (non-hydrogen) atoms. The summed E-state index contributed by atoms with van der Waals surface area (Å²) in [5.74, 6) is 1.62.